The first kappa shape index (κ1) is 26.0. The van der Waals surface area contributed by atoms with E-state index >= 15 is 0 Å². The van der Waals surface area contributed by atoms with Gasteiger partial charge in [-0.2, -0.15) is 0 Å². The van der Waals surface area contributed by atoms with Crippen LogP contribution in [0, 0.1) is 5.41 Å². The van der Waals surface area contributed by atoms with Crippen LogP contribution in [0.5, 0.6) is 0 Å². The zero-order valence-corrected chi connectivity index (χ0v) is 22.3. The Morgan fingerprint density at radius 3 is 2.11 bits per heavy atom. The fourth-order valence-electron chi connectivity index (χ4n) is 4.58. The molecule has 0 aromatic heterocycles. The highest BCUT2D eigenvalue weighted by Gasteiger charge is 2.32. The molecule has 0 fully saturated rings. The standard InChI is InChI=1S/C30H32BrNO4/c1-30(2,19-27(31)21-11-4-3-5-12-21)28(33)35-18-10-17-32-29(34)36-20-26-24-15-8-6-13-22(24)23-14-7-9-16-25(23)26/h3-9,11-16,26-27H,10,17-20H2,1-2H3,(H,32,34). The molecule has 0 heterocycles. The second-order valence-corrected chi connectivity index (χ2v) is 10.8. The van der Waals surface area contributed by atoms with Crippen LogP contribution in [0.25, 0.3) is 11.1 Å². The number of ether oxygens (including phenoxy) is 2. The lowest BCUT2D eigenvalue weighted by Gasteiger charge is -2.25. The Hall–Kier alpha value is -3.12. The maximum absolute atomic E-state index is 12.6. The number of halogens is 1. The summed E-state index contributed by atoms with van der Waals surface area (Å²) in [4.78, 5) is 25.0. The number of esters is 1. The van der Waals surface area contributed by atoms with E-state index in [-0.39, 0.29) is 29.9 Å². The van der Waals surface area contributed by atoms with E-state index in [1.54, 1.807) is 0 Å². The average molecular weight is 550 g/mol. The van der Waals surface area contributed by atoms with Crippen molar-refractivity contribution in [1.82, 2.24) is 5.32 Å². The molecule has 36 heavy (non-hydrogen) atoms. The SMILES string of the molecule is CC(C)(CC(Br)c1ccccc1)C(=O)OCCCNC(=O)OCC1c2ccccc2-c2ccccc21. The van der Waals surface area contributed by atoms with Crippen LogP contribution in [-0.2, 0) is 14.3 Å². The summed E-state index contributed by atoms with van der Waals surface area (Å²) in [6.07, 6.45) is 0.671. The number of rotatable bonds is 10. The lowest BCUT2D eigenvalue weighted by Crippen LogP contribution is -2.30. The van der Waals surface area contributed by atoms with Gasteiger partial charge in [0.05, 0.1) is 12.0 Å². The van der Waals surface area contributed by atoms with Crippen molar-refractivity contribution in [2.24, 2.45) is 5.41 Å². The number of nitrogens with one attached hydrogen (secondary N) is 1. The molecule has 1 aliphatic rings. The first-order valence-electron chi connectivity index (χ1n) is 12.3. The number of carbonyl (C=O) groups excluding carboxylic acids is 2. The Morgan fingerprint density at radius 1 is 0.889 bits per heavy atom. The average Bonchev–Trinajstić information content (AvgIpc) is 3.21. The van der Waals surface area contributed by atoms with Gasteiger partial charge in [0.15, 0.2) is 0 Å². The van der Waals surface area contributed by atoms with Crippen molar-refractivity contribution in [1.29, 1.82) is 0 Å². The van der Waals surface area contributed by atoms with Crippen LogP contribution < -0.4 is 5.32 Å². The number of alkyl halides is 1. The fourth-order valence-corrected chi connectivity index (χ4v) is 5.70. The van der Waals surface area contributed by atoms with E-state index in [1.807, 2.05) is 68.4 Å². The van der Waals surface area contributed by atoms with E-state index < -0.39 is 11.5 Å². The Labute approximate surface area is 221 Å². The topological polar surface area (TPSA) is 64.6 Å². The number of fused-ring (bicyclic) bond motifs is 3. The van der Waals surface area contributed by atoms with Crippen LogP contribution in [0.4, 0.5) is 4.79 Å². The second-order valence-electron chi connectivity index (χ2n) is 9.71. The van der Waals surface area contributed by atoms with Crippen LogP contribution >= 0.6 is 15.9 Å². The fraction of sp³-hybridized carbons (Fsp3) is 0.333. The molecule has 4 rings (SSSR count). The summed E-state index contributed by atoms with van der Waals surface area (Å²) in [5.41, 5.74) is 5.25. The van der Waals surface area contributed by atoms with Crippen molar-refractivity contribution >= 4 is 28.0 Å². The number of benzene rings is 3. The van der Waals surface area contributed by atoms with E-state index in [1.165, 1.54) is 22.3 Å². The van der Waals surface area contributed by atoms with E-state index in [0.29, 0.717) is 19.4 Å². The maximum Gasteiger partial charge on any atom is 0.407 e. The number of hydrogen-bond donors (Lipinski definition) is 1. The summed E-state index contributed by atoms with van der Waals surface area (Å²) in [7, 11) is 0. The van der Waals surface area contributed by atoms with Gasteiger partial charge in [-0.3, -0.25) is 4.79 Å². The van der Waals surface area contributed by atoms with E-state index in [0.717, 1.165) is 5.56 Å². The van der Waals surface area contributed by atoms with Gasteiger partial charge >= 0.3 is 12.1 Å². The minimum atomic E-state index is -0.635. The van der Waals surface area contributed by atoms with Gasteiger partial charge in [0.2, 0.25) is 0 Å². The van der Waals surface area contributed by atoms with Crippen LogP contribution in [0.1, 0.15) is 54.1 Å². The molecule has 3 aromatic rings. The zero-order chi connectivity index (χ0) is 25.5. The molecule has 1 unspecified atom stereocenters. The van der Waals surface area contributed by atoms with Gasteiger partial charge in [0.1, 0.15) is 6.61 Å². The first-order chi connectivity index (χ1) is 17.4. The number of hydrogen-bond acceptors (Lipinski definition) is 4. The minimum absolute atomic E-state index is 0.0282. The third-order valence-electron chi connectivity index (χ3n) is 6.57. The highest BCUT2D eigenvalue weighted by molar-refractivity contribution is 9.09. The Bertz CT molecular complexity index is 1150. The van der Waals surface area contributed by atoms with Crippen molar-refractivity contribution in [2.75, 3.05) is 19.8 Å². The molecule has 1 N–H and O–H groups in total. The Kier molecular flexibility index (Phi) is 8.47. The van der Waals surface area contributed by atoms with Crippen molar-refractivity contribution in [3.05, 3.63) is 95.6 Å². The lowest BCUT2D eigenvalue weighted by molar-refractivity contribution is -0.154. The molecule has 3 aromatic carbocycles. The maximum atomic E-state index is 12.6. The Balaban J connectivity index is 1.17. The third-order valence-corrected chi connectivity index (χ3v) is 7.42. The van der Waals surface area contributed by atoms with Crippen LogP contribution in [0.3, 0.4) is 0 Å². The second kappa shape index (κ2) is 11.7. The van der Waals surface area contributed by atoms with E-state index in [4.69, 9.17) is 9.47 Å². The van der Waals surface area contributed by atoms with Gasteiger partial charge < -0.3 is 14.8 Å². The van der Waals surface area contributed by atoms with Gasteiger partial charge in [0.25, 0.3) is 0 Å². The van der Waals surface area contributed by atoms with Crippen molar-refractivity contribution in [2.45, 2.75) is 37.4 Å². The van der Waals surface area contributed by atoms with Gasteiger partial charge in [0, 0.05) is 17.3 Å². The number of amides is 1. The lowest BCUT2D eigenvalue weighted by atomic mass is 9.86. The highest BCUT2D eigenvalue weighted by Crippen LogP contribution is 2.44. The summed E-state index contributed by atoms with van der Waals surface area (Å²) in [6, 6.07) is 26.5. The van der Waals surface area contributed by atoms with Crippen LogP contribution in [-0.4, -0.2) is 31.8 Å². The quantitative estimate of drug-likeness (QED) is 0.168. The summed E-state index contributed by atoms with van der Waals surface area (Å²) < 4.78 is 11.0. The molecular weight excluding hydrogens is 518 g/mol. The van der Waals surface area contributed by atoms with E-state index in [9.17, 15) is 9.59 Å². The molecule has 1 aliphatic carbocycles. The molecular formula is C30H32BrNO4. The van der Waals surface area contributed by atoms with Gasteiger partial charge in [-0.15, -0.1) is 0 Å². The van der Waals surface area contributed by atoms with Crippen LogP contribution in [0.2, 0.25) is 0 Å². The van der Waals surface area contributed by atoms with Gasteiger partial charge in [-0.05, 0) is 54.5 Å². The van der Waals surface area contributed by atoms with Gasteiger partial charge in [-0.1, -0.05) is 94.8 Å². The molecule has 1 atom stereocenters. The summed E-state index contributed by atoms with van der Waals surface area (Å²) in [6.45, 7) is 4.67. The largest absolute Gasteiger partial charge is 0.465 e. The zero-order valence-electron chi connectivity index (χ0n) is 20.7. The molecule has 0 aliphatic heterocycles. The molecule has 0 spiro atoms. The first-order valence-corrected chi connectivity index (χ1v) is 13.2. The predicted octanol–water partition coefficient (Wildman–Crippen LogP) is 7.01. The molecule has 0 saturated carbocycles. The molecule has 188 valence electrons. The number of carbonyl (C=O) groups is 2. The molecule has 6 heteroatoms. The highest BCUT2D eigenvalue weighted by atomic mass is 79.9. The van der Waals surface area contributed by atoms with Crippen molar-refractivity contribution < 1.29 is 19.1 Å². The summed E-state index contributed by atoms with van der Waals surface area (Å²) in [5, 5.41) is 2.76. The van der Waals surface area contributed by atoms with E-state index in [2.05, 4.69) is 45.5 Å². The Morgan fingerprint density at radius 2 is 1.47 bits per heavy atom. The molecule has 5 nitrogen and oxygen atoms in total. The summed E-state index contributed by atoms with van der Waals surface area (Å²) in [5.74, 6) is -0.218. The summed E-state index contributed by atoms with van der Waals surface area (Å²) >= 11 is 3.69. The van der Waals surface area contributed by atoms with Crippen molar-refractivity contribution in [3.63, 3.8) is 0 Å². The van der Waals surface area contributed by atoms with Crippen LogP contribution in [0.15, 0.2) is 78.9 Å². The molecule has 1 amide bonds. The smallest absolute Gasteiger partial charge is 0.407 e. The number of alkyl carbamates (subject to hydrolysis) is 1. The third kappa shape index (κ3) is 6.16. The molecule has 0 saturated heterocycles. The minimum Gasteiger partial charge on any atom is -0.465 e. The predicted molar refractivity (Wildman–Crippen MR) is 145 cm³/mol. The monoisotopic (exact) mass is 549 g/mol. The van der Waals surface area contributed by atoms with Gasteiger partial charge in [-0.25, -0.2) is 4.79 Å². The molecule has 0 bridgehead atoms. The molecule has 0 radical (unpaired) electrons. The van der Waals surface area contributed by atoms with Crippen molar-refractivity contribution in [3.8, 4) is 11.1 Å². The normalized spacial score (nSPS) is 13.4.